The molecule has 0 atom stereocenters. The number of benzene rings is 2. The number of rotatable bonds is 8. The fourth-order valence-corrected chi connectivity index (χ4v) is 6.15. The van der Waals surface area contributed by atoms with Gasteiger partial charge < -0.3 is 14.0 Å². The van der Waals surface area contributed by atoms with Crippen LogP contribution in [0.25, 0.3) is 32.5 Å². The zero-order valence-electron chi connectivity index (χ0n) is 17.0. The van der Waals surface area contributed by atoms with Crippen molar-refractivity contribution in [2.24, 2.45) is 0 Å². The van der Waals surface area contributed by atoms with Crippen molar-refractivity contribution in [2.45, 2.75) is 13.0 Å². The highest BCUT2D eigenvalue weighted by atomic mass is 32.2. The van der Waals surface area contributed by atoms with Crippen LogP contribution in [0.15, 0.2) is 41.8 Å². The number of methoxy groups -OCH3 is 2. The van der Waals surface area contributed by atoms with Gasteiger partial charge in [0.15, 0.2) is 6.54 Å². The number of aryl methyl sites for hydroxylation is 1. The average Bonchev–Trinajstić information content (AvgIpc) is 3.35. The molecule has 162 valence electrons. The van der Waals surface area contributed by atoms with Gasteiger partial charge in [-0.05, 0) is 35.2 Å². The number of aromatic nitrogens is 1. The summed E-state index contributed by atoms with van der Waals surface area (Å²) < 4.78 is 48.5. The molecule has 0 spiro atoms. The van der Waals surface area contributed by atoms with Gasteiger partial charge in [-0.1, -0.05) is 23.5 Å². The highest BCUT2D eigenvalue weighted by Crippen LogP contribution is 2.38. The first-order chi connectivity index (χ1) is 14.9. The van der Waals surface area contributed by atoms with E-state index in [1.165, 1.54) is 0 Å². The van der Waals surface area contributed by atoms with E-state index < -0.39 is 10.1 Å². The van der Waals surface area contributed by atoms with Gasteiger partial charge in [-0.25, -0.2) is 8.42 Å². The van der Waals surface area contributed by atoms with Crippen molar-refractivity contribution in [3.05, 3.63) is 52.3 Å². The molecule has 4 rings (SSSR count). The van der Waals surface area contributed by atoms with E-state index in [2.05, 4.69) is 4.57 Å². The van der Waals surface area contributed by atoms with E-state index in [9.17, 15) is 13.0 Å². The quantitative estimate of drug-likeness (QED) is 0.276. The molecule has 31 heavy (non-hydrogen) atoms. The summed E-state index contributed by atoms with van der Waals surface area (Å²) in [4.78, 5) is 0. The maximum atomic E-state index is 11.1. The van der Waals surface area contributed by atoms with Gasteiger partial charge in [0.2, 0.25) is 5.52 Å². The van der Waals surface area contributed by atoms with E-state index in [0.29, 0.717) is 6.54 Å². The molecule has 0 unspecified atom stereocenters. The maximum Gasteiger partial charge on any atom is 0.262 e. The lowest BCUT2D eigenvalue weighted by atomic mass is 10.2. The van der Waals surface area contributed by atoms with Gasteiger partial charge in [0.05, 0.1) is 24.3 Å². The van der Waals surface area contributed by atoms with E-state index >= 15 is 0 Å². The van der Waals surface area contributed by atoms with Gasteiger partial charge in [-0.2, -0.15) is 4.57 Å². The molecular weight excluding hydrogens is 454 g/mol. The largest absolute Gasteiger partial charge is 0.748 e. The van der Waals surface area contributed by atoms with Crippen LogP contribution in [0.5, 0.6) is 11.5 Å². The molecule has 0 bridgehead atoms. The molecule has 0 fully saturated rings. The van der Waals surface area contributed by atoms with Crippen LogP contribution in [0.4, 0.5) is 0 Å². The van der Waals surface area contributed by atoms with E-state index in [4.69, 9.17) is 9.47 Å². The number of fused-ring (bicyclic) bond motifs is 3. The third-order valence-electron chi connectivity index (χ3n) is 4.90. The third-order valence-corrected chi connectivity index (χ3v) is 7.71. The summed E-state index contributed by atoms with van der Waals surface area (Å²) in [7, 11) is -0.971. The van der Waals surface area contributed by atoms with Crippen LogP contribution < -0.4 is 14.0 Å². The van der Waals surface area contributed by atoms with Crippen molar-refractivity contribution in [2.75, 3.05) is 20.0 Å². The van der Waals surface area contributed by atoms with E-state index in [1.54, 1.807) is 36.9 Å². The van der Waals surface area contributed by atoms with Crippen LogP contribution in [0.3, 0.4) is 0 Å². The normalized spacial score (nSPS) is 12.2. The Morgan fingerprint density at radius 1 is 1.13 bits per heavy atom. The monoisotopic (exact) mass is 475 g/mol. The van der Waals surface area contributed by atoms with Gasteiger partial charge in [0, 0.05) is 29.7 Å². The molecule has 0 aliphatic carbocycles. The molecule has 0 aliphatic rings. The molecule has 2 aromatic heterocycles. The second kappa shape index (κ2) is 8.96. The molecule has 0 N–H and O–H groups in total. The predicted molar refractivity (Wildman–Crippen MR) is 125 cm³/mol. The number of thiophene rings is 1. The summed E-state index contributed by atoms with van der Waals surface area (Å²) >= 11 is 3.22. The van der Waals surface area contributed by atoms with E-state index in [-0.39, 0.29) is 12.2 Å². The Kier molecular flexibility index (Phi) is 6.29. The van der Waals surface area contributed by atoms with Crippen molar-refractivity contribution in [1.82, 2.24) is 0 Å². The number of ether oxygens (including phenoxy) is 2. The predicted octanol–water partition coefficient (Wildman–Crippen LogP) is 4.53. The lowest BCUT2D eigenvalue weighted by molar-refractivity contribution is -0.667. The molecule has 0 saturated heterocycles. The average molecular weight is 476 g/mol. The highest BCUT2D eigenvalue weighted by molar-refractivity contribution is 7.85. The Labute approximate surface area is 188 Å². The van der Waals surface area contributed by atoms with E-state index in [0.717, 1.165) is 42.4 Å². The summed E-state index contributed by atoms with van der Waals surface area (Å²) in [5, 5.41) is 4.00. The van der Waals surface area contributed by atoms with Gasteiger partial charge in [-0.15, -0.1) is 11.3 Å². The molecule has 6 nitrogen and oxygen atoms in total. The molecule has 2 aromatic carbocycles. The van der Waals surface area contributed by atoms with Crippen LogP contribution in [-0.4, -0.2) is 32.9 Å². The smallest absolute Gasteiger partial charge is 0.262 e. The standard InChI is InChI=1S/C22H21NO5S3/c1-27-16-6-3-5-15(13-16)7-8-20-23(10-4-12-31(24,25)26)21-19(30-20)14-18(28-2)17-9-11-29-22(17)21/h3,5-9,11,13-14H,4,10,12H2,1-2H3/b8-7+. The molecule has 9 heteroatoms. The number of hydrogen-bond donors (Lipinski definition) is 0. The first-order valence-electron chi connectivity index (χ1n) is 9.56. The minimum absolute atomic E-state index is 0.251. The van der Waals surface area contributed by atoms with Gasteiger partial charge in [0.1, 0.15) is 20.9 Å². The highest BCUT2D eigenvalue weighted by Gasteiger charge is 2.24. The van der Waals surface area contributed by atoms with Gasteiger partial charge in [-0.3, -0.25) is 0 Å². The minimum atomic E-state index is -4.26. The van der Waals surface area contributed by atoms with Crippen LogP contribution in [0.2, 0.25) is 0 Å². The Morgan fingerprint density at radius 2 is 1.97 bits per heavy atom. The lowest BCUT2D eigenvalue weighted by Gasteiger charge is -2.05. The first kappa shape index (κ1) is 21.8. The van der Waals surface area contributed by atoms with Crippen LogP contribution in [0.1, 0.15) is 17.0 Å². The van der Waals surface area contributed by atoms with Crippen LogP contribution in [0, 0.1) is 0 Å². The van der Waals surface area contributed by atoms with Gasteiger partial charge in [0.25, 0.3) is 5.01 Å². The van der Waals surface area contributed by atoms with Gasteiger partial charge >= 0.3 is 0 Å². The Bertz CT molecular complexity index is 1370. The third kappa shape index (κ3) is 4.74. The summed E-state index contributed by atoms with van der Waals surface area (Å²) in [6.45, 7) is 0.429. The minimum Gasteiger partial charge on any atom is -0.748 e. The Balaban J connectivity index is 1.82. The van der Waals surface area contributed by atoms with E-state index in [1.807, 2.05) is 53.9 Å². The molecule has 2 heterocycles. The molecule has 0 aliphatic heterocycles. The van der Waals surface area contributed by atoms with Crippen molar-refractivity contribution >= 4 is 65.2 Å². The zero-order valence-corrected chi connectivity index (χ0v) is 19.5. The van der Waals surface area contributed by atoms with Crippen molar-refractivity contribution in [1.29, 1.82) is 0 Å². The fraction of sp³-hybridized carbons (Fsp3) is 0.227. The maximum absolute atomic E-state index is 11.1. The molecule has 0 radical (unpaired) electrons. The van der Waals surface area contributed by atoms with Crippen molar-refractivity contribution in [3.63, 3.8) is 0 Å². The van der Waals surface area contributed by atoms with Crippen LogP contribution >= 0.6 is 22.7 Å². The Hall–Kier alpha value is -2.46. The van der Waals surface area contributed by atoms with Crippen molar-refractivity contribution < 1.29 is 27.0 Å². The first-order valence-corrected chi connectivity index (χ1v) is 12.8. The number of nitrogens with zero attached hydrogens (tertiary/aromatic N) is 1. The SMILES string of the molecule is COc1cccc(/C=C/c2sc3cc(OC)c4ccsc4c3[n+]2CCCS(=O)(=O)[O-])c1. The molecule has 0 amide bonds. The number of hydrogen-bond acceptors (Lipinski definition) is 7. The topological polar surface area (TPSA) is 79.5 Å². The summed E-state index contributed by atoms with van der Waals surface area (Å²) in [5.74, 6) is 1.19. The fourth-order valence-electron chi connectivity index (χ4n) is 3.50. The summed E-state index contributed by atoms with van der Waals surface area (Å²) in [6, 6.07) is 11.8. The second-order valence-electron chi connectivity index (χ2n) is 6.91. The molecule has 0 saturated carbocycles. The second-order valence-corrected chi connectivity index (χ2v) is 10.4. The summed E-state index contributed by atoms with van der Waals surface area (Å²) in [5.41, 5.74) is 2.02. The van der Waals surface area contributed by atoms with Crippen LogP contribution in [-0.2, 0) is 16.7 Å². The number of thiazole rings is 1. The summed E-state index contributed by atoms with van der Waals surface area (Å²) in [6.07, 6.45) is 4.26. The molecular formula is C22H21NO5S3. The Morgan fingerprint density at radius 3 is 2.71 bits per heavy atom. The lowest BCUT2D eigenvalue weighted by Crippen LogP contribution is -2.36. The van der Waals surface area contributed by atoms with Crippen molar-refractivity contribution in [3.8, 4) is 11.5 Å². The zero-order chi connectivity index (χ0) is 22.0. The molecule has 4 aromatic rings.